The molecule has 2 aromatic carbocycles. The summed E-state index contributed by atoms with van der Waals surface area (Å²) in [5.74, 6) is -1.75. The van der Waals surface area contributed by atoms with Gasteiger partial charge in [0, 0.05) is 30.5 Å². The molecule has 2 aromatic rings. The number of ether oxygens (including phenoxy) is 1. The van der Waals surface area contributed by atoms with Crippen LogP contribution in [0.1, 0.15) is 0 Å². The molecule has 7 nitrogen and oxygen atoms in total. The summed E-state index contributed by atoms with van der Waals surface area (Å²) in [5, 5.41) is 2.57. The Kier molecular flexibility index (Phi) is 5.35. The third-order valence-electron chi connectivity index (χ3n) is 4.14. The van der Waals surface area contributed by atoms with Crippen molar-refractivity contribution in [3.05, 3.63) is 54.3 Å². The molecule has 1 heterocycles. The van der Waals surface area contributed by atoms with Gasteiger partial charge in [-0.15, -0.1) is 0 Å². The number of hydrogen-bond acceptors (Lipinski definition) is 4. The van der Waals surface area contributed by atoms with Gasteiger partial charge in [0.05, 0.1) is 7.11 Å². The van der Waals surface area contributed by atoms with Crippen molar-refractivity contribution in [3.8, 4) is 5.75 Å². The lowest BCUT2D eigenvalue weighted by Gasteiger charge is -2.33. The van der Waals surface area contributed by atoms with E-state index in [1.807, 2.05) is 0 Å². The number of methoxy groups -OCH3 is 1. The van der Waals surface area contributed by atoms with Gasteiger partial charge in [-0.3, -0.25) is 14.4 Å². The average Bonchev–Trinajstić information content (AvgIpc) is 2.67. The van der Waals surface area contributed by atoms with Gasteiger partial charge < -0.3 is 19.9 Å². The summed E-state index contributed by atoms with van der Waals surface area (Å²) >= 11 is 0. The maximum Gasteiger partial charge on any atom is 0.316 e. The Morgan fingerprint density at radius 1 is 1.11 bits per heavy atom. The molecule has 1 aliphatic heterocycles. The van der Waals surface area contributed by atoms with E-state index in [0.29, 0.717) is 17.1 Å². The fraction of sp³-hybridized carbons (Fsp3) is 0.211. The van der Waals surface area contributed by atoms with Gasteiger partial charge in [-0.25, -0.2) is 4.39 Å². The molecule has 1 fully saturated rings. The van der Waals surface area contributed by atoms with Gasteiger partial charge in [-0.1, -0.05) is 6.07 Å². The van der Waals surface area contributed by atoms with Crippen molar-refractivity contribution >= 4 is 29.1 Å². The fourth-order valence-electron chi connectivity index (χ4n) is 2.76. The molecule has 1 aliphatic rings. The summed E-state index contributed by atoms with van der Waals surface area (Å²) in [6.45, 7) is 0.230. The highest BCUT2D eigenvalue weighted by molar-refractivity contribution is 6.41. The number of halogens is 1. The molecular weight excluding hydrogens is 353 g/mol. The zero-order valence-electron chi connectivity index (χ0n) is 14.6. The molecular formula is C19H18FN3O4. The fourth-order valence-corrected chi connectivity index (χ4v) is 2.76. The highest BCUT2D eigenvalue weighted by Gasteiger charge is 2.34. The van der Waals surface area contributed by atoms with Crippen molar-refractivity contribution in [2.75, 3.05) is 37.0 Å². The van der Waals surface area contributed by atoms with Crippen LogP contribution < -0.4 is 15.0 Å². The minimum absolute atomic E-state index is 0.221. The largest absolute Gasteiger partial charge is 0.497 e. The molecule has 3 rings (SSSR count). The molecule has 27 heavy (non-hydrogen) atoms. The van der Waals surface area contributed by atoms with Gasteiger partial charge >= 0.3 is 11.8 Å². The Labute approximate surface area is 155 Å². The lowest BCUT2D eigenvalue weighted by Crippen LogP contribution is -2.56. The van der Waals surface area contributed by atoms with Crippen LogP contribution in [-0.2, 0) is 14.4 Å². The first-order valence-electron chi connectivity index (χ1n) is 8.28. The molecule has 140 valence electrons. The van der Waals surface area contributed by atoms with Crippen molar-refractivity contribution in [1.29, 1.82) is 0 Å². The van der Waals surface area contributed by atoms with Gasteiger partial charge in [-0.05, 0) is 36.4 Å². The average molecular weight is 371 g/mol. The predicted octanol–water partition coefficient (Wildman–Crippen LogP) is 1.65. The number of carbonyl (C=O) groups is 3. The van der Waals surface area contributed by atoms with Crippen LogP contribution in [0.3, 0.4) is 0 Å². The molecule has 0 radical (unpaired) electrons. The SMILES string of the molecule is COc1cccc(N2CCN(CC(=O)Nc3ccc(F)cc3)C(=O)C2=O)c1. The molecule has 0 unspecified atom stereocenters. The first-order valence-corrected chi connectivity index (χ1v) is 8.28. The van der Waals surface area contributed by atoms with E-state index in [2.05, 4.69) is 5.32 Å². The van der Waals surface area contributed by atoms with Crippen LogP contribution in [0.15, 0.2) is 48.5 Å². The van der Waals surface area contributed by atoms with Gasteiger partial charge in [0.25, 0.3) is 0 Å². The number of piperazine rings is 1. The van der Waals surface area contributed by atoms with Crippen molar-refractivity contribution in [1.82, 2.24) is 4.90 Å². The number of amides is 3. The van der Waals surface area contributed by atoms with E-state index in [1.165, 1.54) is 41.2 Å². The van der Waals surface area contributed by atoms with Crippen LogP contribution in [0.25, 0.3) is 0 Å². The molecule has 3 amide bonds. The van der Waals surface area contributed by atoms with Crippen molar-refractivity contribution < 1.29 is 23.5 Å². The van der Waals surface area contributed by atoms with E-state index in [1.54, 1.807) is 24.3 Å². The van der Waals surface area contributed by atoms with Crippen LogP contribution in [0.2, 0.25) is 0 Å². The normalized spacial score (nSPS) is 14.3. The summed E-state index contributed by atoms with van der Waals surface area (Å²) < 4.78 is 18.0. The predicted molar refractivity (Wildman–Crippen MR) is 97.0 cm³/mol. The molecule has 1 saturated heterocycles. The lowest BCUT2D eigenvalue weighted by molar-refractivity contribution is -0.147. The number of rotatable bonds is 5. The highest BCUT2D eigenvalue weighted by Crippen LogP contribution is 2.23. The van der Waals surface area contributed by atoms with Crippen molar-refractivity contribution in [2.24, 2.45) is 0 Å². The number of benzene rings is 2. The van der Waals surface area contributed by atoms with E-state index in [9.17, 15) is 18.8 Å². The quantitative estimate of drug-likeness (QED) is 0.811. The Hall–Kier alpha value is -3.42. The second-order valence-electron chi connectivity index (χ2n) is 5.94. The Bertz CT molecular complexity index is 870. The van der Waals surface area contributed by atoms with E-state index in [0.717, 1.165) is 0 Å². The molecule has 0 bridgehead atoms. The molecule has 1 N–H and O–H groups in total. The number of anilines is 2. The third kappa shape index (κ3) is 4.22. The summed E-state index contributed by atoms with van der Waals surface area (Å²) in [5.41, 5.74) is 0.971. The molecule has 0 aliphatic carbocycles. The van der Waals surface area contributed by atoms with Gasteiger partial charge in [0.1, 0.15) is 18.1 Å². The van der Waals surface area contributed by atoms with Crippen LogP contribution in [0.5, 0.6) is 5.75 Å². The topological polar surface area (TPSA) is 79.0 Å². The van der Waals surface area contributed by atoms with Crippen molar-refractivity contribution in [2.45, 2.75) is 0 Å². The van der Waals surface area contributed by atoms with Gasteiger partial charge in [0.15, 0.2) is 0 Å². The minimum atomic E-state index is -0.752. The minimum Gasteiger partial charge on any atom is -0.497 e. The molecule has 0 spiro atoms. The van der Waals surface area contributed by atoms with Crippen LogP contribution in [0, 0.1) is 5.82 Å². The number of hydrogen-bond donors (Lipinski definition) is 1. The molecule has 0 atom stereocenters. The molecule has 0 aromatic heterocycles. The smallest absolute Gasteiger partial charge is 0.316 e. The maximum atomic E-state index is 12.9. The maximum absolute atomic E-state index is 12.9. The monoisotopic (exact) mass is 371 g/mol. The van der Waals surface area contributed by atoms with E-state index < -0.39 is 23.5 Å². The first kappa shape index (κ1) is 18.4. The summed E-state index contributed by atoms with van der Waals surface area (Å²) in [6.07, 6.45) is 0. The second-order valence-corrected chi connectivity index (χ2v) is 5.94. The zero-order chi connectivity index (χ0) is 19.4. The number of nitrogens with zero attached hydrogens (tertiary/aromatic N) is 2. The number of carbonyl (C=O) groups excluding carboxylic acids is 3. The van der Waals surface area contributed by atoms with Gasteiger partial charge in [0.2, 0.25) is 5.91 Å². The molecule has 8 heteroatoms. The summed E-state index contributed by atoms with van der Waals surface area (Å²) in [4.78, 5) is 39.5. The highest BCUT2D eigenvalue weighted by atomic mass is 19.1. The Morgan fingerprint density at radius 2 is 1.85 bits per heavy atom. The Morgan fingerprint density at radius 3 is 2.56 bits per heavy atom. The van der Waals surface area contributed by atoms with Crippen molar-refractivity contribution in [3.63, 3.8) is 0 Å². The summed E-state index contributed by atoms with van der Waals surface area (Å²) in [7, 11) is 1.52. The van der Waals surface area contributed by atoms with E-state index in [4.69, 9.17) is 4.74 Å². The van der Waals surface area contributed by atoms with Crippen LogP contribution >= 0.6 is 0 Å². The standard InChI is InChI=1S/C19H18FN3O4/c1-27-16-4-2-3-15(11-16)23-10-9-22(18(25)19(23)26)12-17(24)21-14-7-5-13(20)6-8-14/h2-8,11H,9-10,12H2,1H3,(H,21,24). The van der Waals surface area contributed by atoms with Gasteiger partial charge in [-0.2, -0.15) is 0 Å². The van der Waals surface area contributed by atoms with Crippen LogP contribution in [-0.4, -0.2) is 49.4 Å². The van der Waals surface area contributed by atoms with E-state index >= 15 is 0 Å². The summed E-state index contributed by atoms with van der Waals surface area (Å²) in [6, 6.07) is 12.1. The van der Waals surface area contributed by atoms with Crippen LogP contribution in [0.4, 0.5) is 15.8 Å². The Balaban J connectivity index is 1.63. The number of nitrogens with one attached hydrogen (secondary N) is 1. The van der Waals surface area contributed by atoms with E-state index in [-0.39, 0.29) is 19.6 Å². The molecule has 0 saturated carbocycles. The third-order valence-corrected chi connectivity index (χ3v) is 4.14. The first-order chi connectivity index (χ1) is 13.0. The second kappa shape index (κ2) is 7.86. The zero-order valence-corrected chi connectivity index (χ0v) is 14.6. The lowest BCUT2D eigenvalue weighted by atomic mass is 10.2.